The Labute approximate surface area is 154 Å². The summed E-state index contributed by atoms with van der Waals surface area (Å²) >= 11 is 0. The van der Waals surface area contributed by atoms with Gasteiger partial charge in [0.2, 0.25) is 5.89 Å². The molecule has 0 bridgehead atoms. The summed E-state index contributed by atoms with van der Waals surface area (Å²) in [7, 11) is 1.72. The molecular formula is C17H29N5O4. The number of nitrogens with one attached hydrogen (secondary N) is 1. The van der Waals surface area contributed by atoms with Crippen LogP contribution in [0.1, 0.15) is 45.3 Å². The van der Waals surface area contributed by atoms with E-state index in [9.17, 15) is 9.59 Å². The van der Waals surface area contributed by atoms with Crippen molar-refractivity contribution in [3.63, 3.8) is 0 Å². The van der Waals surface area contributed by atoms with Gasteiger partial charge < -0.3 is 24.4 Å². The van der Waals surface area contributed by atoms with Gasteiger partial charge in [-0.05, 0) is 40.5 Å². The first-order valence-electron chi connectivity index (χ1n) is 8.93. The highest BCUT2D eigenvalue weighted by molar-refractivity contribution is 5.74. The lowest BCUT2D eigenvalue weighted by molar-refractivity contribution is 0.0155. The van der Waals surface area contributed by atoms with Crippen LogP contribution in [0.3, 0.4) is 0 Å². The van der Waals surface area contributed by atoms with Gasteiger partial charge in [-0.1, -0.05) is 5.16 Å². The van der Waals surface area contributed by atoms with Gasteiger partial charge in [0.25, 0.3) is 0 Å². The van der Waals surface area contributed by atoms with E-state index in [1.807, 2.05) is 20.8 Å². The first-order chi connectivity index (χ1) is 12.2. The topological polar surface area (TPSA) is 101 Å². The minimum atomic E-state index is -0.538. The van der Waals surface area contributed by atoms with Crippen molar-refractivity contribution in [2.24, 2.45) is 0 Å². The Kier molecular flexibility index (Phi) is 6.44. The Balaban J connectivity index is 1.80. The van der Waals surface area contributed by atoms with Crippen molar-refractivity contribution >= 4 is 12.1 Å². The molecule has 1 aromatic rings. The van der Waals surface area contributed by atoms with E-state index in [0.29, 0.717) is 37.8 Å². The average molecular weight is 367 g/mol. The second-order valence-corrected chi connectivity index (χ2v) is 7.55. The number of likely N-dealkylation sites (tertiary alicyclic amines) is 1. The number of hydrogen-bond donors (Lipinski definition) is 1. The van der Waals surface area contributed by atoms with E-state index in [-0.39, 0.29) is 18.2 Å². The van der Waals surface area contributed by atoms with Gasteiger partial charge in [0.1, 0.15) is 5.60 Å². The zero-order chi connectivity index (χ0) is 19.3. The second kappa shape index (κ2) is 8.37. The highest BCUT2D eigenvalue weighted by Gasteiger charge is 2.30. The molecule has 2 rings (SSSR count). The molecule has 1 aromatic heterocycles. The standard InChI is InChI=1S/C17H29N5O4/c1-12-19-14(26-20-12)8-9-18-15(23)22-10-6-7-13(11-22)21(5)16(24)25-17(2,3)4/h13H,6-11H2,1-5H3,(H,18,23)/t13-/m1/s1. The van der Waals surface area contributed by atoms with E-state index in [2.05, 4.69) is 15.5 Å². The number of ether oxygens (including phenoxy) is 1. The molecule has 0 aliphatic carbocycles. The monoisotopic (exact) mass is 367 g/mol. The molecule has 0 unspecified atom stereocenters. The van der Waals surface area contributed by atoms with E-state index in [4.69, 9.17) is 9.26 Å². The van der Waals surface area contributed by atoms with Gasteiger partial charge in [0.15, 0.2) is 5.82 Å². The molecular weight excluding hydrogens is 338 g/mol. The van der Waals surface area contributed by atoms with Crippen molar-refractivity contribution in [1.82, 2.24) is 25.3 Å². The van der Waals surface area contributed by atoms with E-state index in [1.54, 1.807) is 23.8 Å². The van der Waals surface area contributed by atoms with Crippen LogP contribution in [-0.2, 0) is 11.2 Å². The first kappa shape index (κ1) is 20.0. The lowest BCUT2D eigenvalue weighted by atomic mass is 10.1. The predicted molar refractivity (Wildman–Crippen MR) is 94.7 cm³/mol. The van der Waals surface area contributed by atoms with Crippen molar-refractivity contribution in [1.29, 1.82) is 0 Å². The molecule has 9 nitrogen and oxygen atoms in total. The van der Waals surface area contributed by atoms with Crippen LogP contribution < -0.4 is 5.32 Å². The van der Waals surface area contributed by atoms with E-state index in [0.717, 1.165) is 12.8 Å². The maximum absolute atomic E-state index is 12.4. The maximum Gasteiger partial charge on any atom is 0.410 e. The van der Waals surface area contributed by atoms with Gasteiger partial charge in [0.05, 0.1) is 6.04 Å². The van der Waals surface area contributed by atoms with E-state index >= 15 is 0 Å². The van der Waals surface area contributed by atoms with Crippen LogP contribution in [0.25, 0.3) is 0 Å². The summed E-state index contributed by atoms with van der Waals surface area (Å²) in [6.45, 7) is 8.84. The van der Waals surface area contributed by atoms with Gasteiger partial charge >= 0.3 is 12.1 Å². The lowest BCUT2D eigenvalue weighted by Crippen LogP contribution is -2.53. The summed E-state index contributed by atoms with van der Waals surface area (Å²) in [5, 5.41) is 6.58. The van der Waals surface area contributed by atoms with Crippen LogP contribution in [0.4, 0.5) is 9.59 Å². The van der Waals surface area contributed by atoms with E-state index in [1.165, 1.54) is 0 Å². The van der Waals surface area contributed by atoms with Gasteiger partial charge in [0, 0.05) is 33.1 Å². The first-order valence-corrected chi connectivity index (χ1v) is 8.93. The molecule has 1 atom stereocenters. The number of piperidine rings is 1. The van der Waals surface area contributed by atoms with Crippen molar-refractivity contribution in [2.45, 2.75) is 58.6 Å². The Morgan fingerprint density at radius 3 is 2.77 bits per heavy atom. The highest BCUT2D eigenvalue weighted by Crippen LogP contribution is 2.18. The normalized spacial score (nSPS) is 17.7. The van der Waals surface area contributed by atoms with Crippen LogP contribution in [0, 0.1) is 6.92 Å². The summed E-state index contributed by atoms with van der Waals surface area (Å²) < 4.78 is 10.4. The largest absolute Gasteiger partial charge is 0.444 e. The van der Waals surface area contributed by atoms with Crippen molar-refractivity contribution in [3.05, 3.63) is 11.7 Å². The Bertz CT molecular complexity index is 625. The molecule has 146 valence electrons. The Morgan fingerprint density at radius 2 is 2.15 bits per heavy atom. The van der Waals surface area contributed by atoms with Gasteiger partial charge in [-0.15, -0.1) is 0 Å². The van der Waals surface area contributed by atoms with Gasteiger partial charge in [-0.2, -0.15) is 4.98 Å². The fourth-order valence-corrected chi connectivity index (χ4v) is 2.77. The third kappa shape index (κ3) is 5.89. The zero-order valence-electron chi connectivity index (χ0n) is 16.2. The second-order valence-electron chi connectivity index (χ2n) is 7.55. The van der Waals surface area contributed by atoms with Crippen LogP contribution in [0.2, 0.25) is 0 Å². The van der Waals surface area contributed by atoms with Crippen molar-refractivity contribution < 1.29 is 18.8 Å². The highest BCUT2D eigenvalue weighted by atomic mass is 16.6. The third-order valence-electron chi connectivity index (χ3n) is 4.10. The molecule has 0 saturated carbocycles. The Morgan fingerprint density at radius 1 is 1.42 bits per heavy atom. The average Bonchev–Trinajstić information content (AvgIpc) is 2.98. The summed E-state index contributed by atoms with van der Waals surface area (Å²) in [6, 6.07) is -0.202. The molecule has 1 fully saturated rings. The van der Waals surface area contributed by atoms with E-state index < -0.39 is 5.60 Å². The third-order valence-corrected chi connectivity index (χ3v) is 4.10. The number of aryl methyl sites for hydroxylation is 1. The van der Waals surface area contributed by atoms with Crippen LogP contribution in [0.15, 0.2) is 4.52 Å². The maximum atomic E-state index is 12.4. The molecule has 1 saturated heterocycles. The number of urea groups is 1. The Hall–Kier alpha value is -2.32. The van der Waals surface area contributed by atoms with Crippen LogP contribution in [-0.4, -0.2) is 70.4 Å². The molecule has 0 aromatic carbocycles. The molecule has 0 radical (unpaired) electrons. The fourth-order valence-electron chi connectivity index (χ4n) is 2.77. The molecule has 3 amide bonds. The SMILES string of the molecule is Cc1noc(CCNC(=O)N2CCC[C@@H](N(C)C(=O)OC(C)(C)C)C2)n1. The van der Waals surface area contributed by atoms with Gasteiger partial charge in [-0.25, -0.2) is 9.59 Å². The summed E-state index contributed by atoms with van der Waals surface area (Å²) in [6.07, 6.45) is 1.81. The van der Waals surface area contributed by atoms with Gasteiger partial charge in [-0.3, -0.25) is 0 Å². The summed E-state index contributed by atoms with van der Waals surface area (Å²) in [4.78, 5) is 32.0. The number of hydrogen-bond acceptors (Lipinski definition) is 6. The molecule has 0 spiro atoms. The lowest BCUT2D eigenvalue weighted by Gasteiger charge is -2.38. The number of aromatic nitrogens is 2. The molecule has 9 heteroatoms. The number of likely N-dealkylation sites (N-methyl/N-ethyl adjacent to an activating group) is 1. The molecule has 1 aliphatic heterocycles. The molecule has 1 aliphatic rings. The van der Waals surface area contributed by atoms with Crippen LogP contribution in [0.5, 0.6) is 0 Å². The number of nitrogens with zero attached hydrogens (tertiary/aromatic N) is 4. The quantitative estimate of drug-likeness (QED) is 0.873. The minimum Gasteiger partial charge on any atom is -0.444 e. The smallest absolute Gasteiger partial charge is 0.410 e. The minimum absolute atomic E-state index is 0.0528. The number of amides is 3. The predicted octanol–water partition coefficient (Wildman–Crippen LogP) is 1.96. The van der Waals surface area contributed by atoms with Crippen molar-refractivity contribution in [2.75, 3.05) is 26.7 Å². The zero-order valence-corrected chi connectivity index (χ0v) is 16.2. The number of carbonyl (C=O) groups is 2. The molecule has 2 heterocycles. The summed E-state index contributed by atoms with van der Waals surface area (Å²) in [5.74, 6) is 1.08. The molecule has 1 N–H and O–H groups in total. The van der Waals surface area contributed by atoms with Crippen LogP contribution >= 0.6 is 0 Å². The van der Waals surface area contributed by atoms with Crippen molar-refractivity contribution in [3.8, 4) is 0 Å². The summed E-state index contributed by atoms with van der Waals surface area (Å²) in [5.41, 5.74) is -0.538. The number of carbonyl (C=O) groups excluding carboxylic acids is 2. The fraction of sp³-hybridized carbons (Fsp3) is 0.765. The molecule has 26 heavy (non-hydrogen) atoms. The number of rotatable bonds is 4.